The largest absolute Gasteiger partial charge is 0.441 e. The molecule has 0 saturated heterocycles. The van der Waals surface area contributed by atoms with Crippen LogP contribution in [0.15, 0.2) is 84.9 Å². The smallest absolute Gasteiger partial charge is 0.332 e. The van der Waals surface area contributed by atoms with E-state index in [9.17, 15) is 4.79 Å². The molecule has 1 aliphatic heterocycles. The molecule has 2 aliphatic rings. The monoisotopic (exact) mass is 310 g/mol. The molecule has 0 amide bonds. The van der Waals surface area contributed by atoms with Crippen LogP contribution in [0.3, 0.4) is 0 Å². The van der Waals surface area contributed by atoms with E-state index in [0.717, 1.165) is 33.4 Å². The molecule has 5 rings (SSSR count). The minimum absolute atomic E-state index is 0.291. The van der Waals surface area contributed by atoms with Crippen LogP contribution in [0.25, 0.3) is 16.7 Å². The molecule has 24 heavy (non-hydrogen) atoms. The Hall–Kier alpha value is -3.13. The first kappa shape index (κ1) is 13.3. The molecule has 1 heterocycles. The summed E-state index contributed by atoms with van der Waals surface area (Å²) < 4.78 is 6.00. The first-order valence-corrected chi connectivity index (χ1v) is 8.01. The van der Waals surface area contributed by atoms with Crippen molar-refractivity contribution in [3.63, 3.8) is 0 Å². The van der Waals surface area contributed by atoms with E-state index in [0.29, 0.717) is 0 Å². The van der Waals surface area contributed by atoms with Crippen molar-refractivity contribution in [3.8, 4) is 11.1 Å². The molecule has 0 bridgehead atoms. The van der Waals surface area contributed by atoms with Gasteiger partial charge in [-0.25, -0.2) is 4.79 Å². The molecule has 3 aromatic rings. The number of carbonyl (C=O) groups excluding carboxylic acids is 1. The van der Waals surface area contributed by atoms with E-state index < -0.39 is 5.60 Å². The molecule has 0 aromatic heterocycles. The third kappa shape index (κ3) is 1.57. The summed E-state index contributed by atoms with van der Waals surface area (Å²) in [6.07, 6.45) is 1.63. The van der Waals surface area contributed by atoms with E-state index >= 15 is 0 Å². The number of rotatable bonds is 1. The van der Waals surface area contributed by atoms with E-state index in [2.05, 4.69) is 24.3 Å². The summed E-state index contributed by atoms with van der Waals surface area (Å²) in [6.45, 7) is 0. The quantitative estimate of drug-likeness (QED) is 0.616. The summed E-state index contributed by atoms with van der Waals surface area (Å²) >= 11 is 0. The van der Waals surface area contributed by atoms with Crippen molar-refractivity contribution in [2.24, 2.45) is 0 Å². The predicted molar refractivity (Wildman–Crippen MR) is 93.2 cm³/mol. The van der Waals surface area contributed by atoms with Crippen LogP contribution < -0.4 is 0 Å². The Morgan fingerprint density at radius 3 is 1.83 bits per heavy atom. The Labute approximate surface area is 140 Å². The van der Waals surface area contributed by atoms with Gasteiger partial charge in [-0.3, -0.25) is 0 Å². The zero-order chi connectivity index (χ0) is 16.1. The zero-order valence-electron chi connectivity index (χ0n) is 12.9. The van der Waals surface area contributed by atoms with Gasteiger partial charge in [0.15, 0.2) is 5.60 Å². The summed E-state index contributed by atoms with van der Waals surface area (Å²) in [7, 11) is 0. The second kappa shape index (κ2) is 4.68. The van der Waals surface area contributed by atoms with Gasteiger partial charge in [0.25, 0.3) is 0 Å². The van der Waals surface area contributed by atoms with Crippen LogP contribution in [0, 0.1) is 0 Å². The highest BCUT2D eigenvalue weighted by atomic mass is 16.6. The first-order valence-electron chi connectivity index (χ1n) is 8.01. The van der Waals surface area contributed by atoms with Gasteiger partial charge in [0, 0.05) is 22.8 Å². The van der Waals surface area contributed by atoms with Crippen LogP contribution in [0.1, 0.15) is 16.7 Å². The van der Waals surface area contributed by atoms with E-state index in [1.165, 1.54) is 0 Å². The molecule has 3 aromatic carbocycles. The second-order valence-corrected chi connectivity index (χ2v) is 6.12. The van der Waals surface area contributed by atoms with Crippen LogP contribution in [-0.2, 0) is 15.1 Å². The summed E-state index contributed by atoms with van der Waals surface area (Å²) in [5, 5.41) is 0. The molecule has 2 heteroatoms. The maximum Gasteiger partial charge on any atom is 0.332 e. The summed E-state index contributed by atoms with van der Waals surface area (Å²) in [5.41, 5.74) is 5.40. The Bertz CT molecular complexity index is 954. The SMILES string of the molecule is O=C1C=C(c2ccccc2)C2(O1)c1ccccc1-c1ccccc12. The lowest BCUT2D eigenvalue weighted by atomic mass is 9.81. The minimum Gasteiger partial charge on any atom is -0.441 e. The van der Waals surface area contributed by atoms with Gasteiger partial charge in [0.05, 0.1) is 0 Å². The third-order valence-electron chi connectivity index (χ3n) is 4.88. The standard InChI is InChI=1S/C22H14O2/c23-21-14-20(15-8-2-1-3-9-15)22(24-21)18-12-6-4-10-16(18)17-11-5-7-13-19(17)22/h1-14H. The molecule has 1 spiro atoms. The molecule has 0 unspecified atom stereocenters. The fourth-order valence-corrected chi connectivity index (χ4v) is 3.95. The maximum atomic E-state index is 12.3. The van der Waals surface area contributed by atoms with Gasteiger partial charge in [0.1, 0.15) is 0 Å². The topological polar surface area (TPSA) is 26.3 Å². The Morgan fingerprint density at radius 1 is 0.667 bits per heavy atom. The molecule has 0 radical (unpaired) electrons. The highest BCUT2D eigenvalue weighted by Gasteiger charge is 2.52. The average Bonchev–Trinajstić information content (AvgIpc) is 3.13. The van der Waals surface area contributed by atoms with E-state index in [1.54, 1.807) is 6.08 Å². The lowest BCUT2D eigenvalue weighted by Gasteiger charge is -2.29. The molecule has 114 valence electrons. The zero-order valence-corrected chi connectivity index (χ0v) is 12.9. The Kier molecular flexibility index (Phi) is 2.60. The number of esters is 1. The molecule has 2 nitrogen and oxygen atoms in total. The minimum atomic E-state index is -0.842. The van der Waals surface area contributed by atoms with E-state index in [1.807, 2.05) is 54.6 Å². The molecular weight excluding hydrogens is 296 g/mol. The summed E-state index contributed by atoms with van der Waals surface area (Å²) in [6, 6.07) is 26.4. The highest BCUT2D eigenvalue weighted by Crippen LogP contribution is 2.57. The van der Waals surface area contributed by atoms with Gasteiger partial charge in [-0.2, -0.15) is 0 Å². The van der Waals surface area contributed by atoms with Crippen LogP contribution >= 0.6 is 0 Å². The molecular formula is C22H14O2. The number of hydrogen-bond acceptors (Lipinski definition) is 2. The van der Waals surface area contributed by atoms with Crippen LogP contribution in [0.5, 0.6) is 0 Å². The summed E-state index contributed by atoms with van der Waals surface area (Å²) in [5.74, 6) is -0.291. The number of ether oxygens (including phenoxy) is 1. The van der Waals surface area contributed by atoms with E-state index in [-0.39, 0.29) is 5.97 Å². The van der Waals surface area contributed by atoms with Gasteiger partial charge >= 0.3 is 5.97 Å². The molecule has 0 N–H and O–H groups in total. The van der Waals surface area contributed by atoms with Gasteiger partial charge < -0.3 is 4.74 Å². The maximum absolute atomic E-state index is 12.3. The van der Waals surface area contributed by atoms with Crippen molar-refractivity contribution >= 4 is 11.5 Å². The first-order chi connectivity index (χ1) is 11.8. The van der Waals surface area contributed by atoms with Gasteiger partial charge in [-0.1, -0.05) is 78.9 Å². The van der Waals surface area contributed by atoms with Crippen molar-refractivity contribution in [1.82, 2.24) is 0 Å². The van der Waals surface area contributed by atoms with Gasteiger partial charge in [0.2, 0.25) is 0 Å². The highest BCUT2D eigenvalue weighted by molar-refractivity contribution is 6.04. The lowest BCUT2D eigenvalue weighted by Crippen LogP contribution is -2.27. The van der Waals surface area contributed by atoms with Crippen molar-refractivity contribution < 1.29 is 9.53 Å². The number of benzene rings is 3. The number of carbonyl (C=O) groups is 1. The fourth-order valence-electron chi connectivity index (χ4n) is 3.95. The van der Waals surface area contributed by atoms with Gasteiger partial charge in [-0.15, -0.1) is 0 Å². The Morgan fingerprint density at radius 2 is 1.21 bits per heavy atom. The molecule has 0 fully saturated rings. The van der Waals surface area contributed by atoms with Crippen molar-refractivity contribution in [2.75, 3.05) is 0 Å². The predicted octanol–water partition coefficient (Wildman–Crippen LogP) is 4.55. The summed E-state index contributed by atoms with van der Waals surface area (Å²) in [4.78, 5) is 12.3. The Balaban J connectivity index is 1.87. The number of hydrogen-bond donors (Lipinski definition) is 0. The third-order valence-corrected chi connectivity index (χ3v) is 4.88. The second-order valence-electron chi connectivity index (χ2n) is 6.12. The normalized spacial score (nSPS) is 16.5. The van der Waals surface area contributed by atoms with Crippen molar-refractivity contribution in [2.45, 2.75) is 5.60 Å². The van der Waals surface area contributed by atoms with Gasteiger partial charge in [-0.05, 0) is 16.7 Å². The van der Waals surface area contributed by atoms with Crippen LogP contribution in [-0.4, -0.2) is 5.97 Å². The molecule has 1 aliphatic carbocycles. The fraction of sp³-hybridized carbons (Fsp3) is 0.0455. The van der Waals surface area contributed by atoms with Crippen LogP contribution in [0.4, 0.5) is 0 Å². The molecule has 0 atom stereocenters. The number of fused-ring (bicyclic) bond motifs is 5. The molecule has 0 saturated carbocycles. The van der Waals surface area contributed by atoms with Crippen molar-refractivity contribution in [3.05, 3.63) is 102 Å². The van der Waals surface area contributed by atoms with Crippen molar-refractivity contribution in [1.29, 1.82) is 0 Å². The van der Waals surface area contributed by atoms with E-state index in [4.69, 9.17) is 4.74 Å². The average molecular weight is 310 g/mol. The lowest BCUT2D eigenvalue weighted by molar-refractivity contribution is -0.143. The van der Waals surface area contributed by atoms with Crippen LogP contribution in [0.2, 0.25) is 0 Å².